The molecule has 1 aromatic heterocycles. The van der Waals surface area contributed by atoms with Crippen LogP contribution < -0.4 is 5.73 Å². The molecule has 0 spiro atoms. The maximum absolute atomic E-state index is 6.37. The molecular weight excluding hydrogens is 309 g/mol. The van der Waals surface area contributed by atoms with Gasteiger partial charge in [0.05, 0.1) is 10.0 Å². The SMILES string of the molecule is NC(Cc1cccc(Cl)c1Cl)c1cc2c(s1)CCCC2. The molecule has 0 saturated heterocycles. The second kappa shape index (κ2) is 6.07. The molecule has 1 aliphatic rings. The van der Waals surface area contributed by atoms with Crippen LogP contribution in [0.5, 0.6) is 0 Å². The summed E-state index contributed by atoms with van der Waals surface area (Å²) in [5.41, 5.74) is 8.90. The van der Waals surface area contributed by atoms with Crippen LogP contribution in [-0.4, -0.2) is 0 Å². The van der Waals surface area contributed by atoms with Crippen molar-refractivity contribution in [2.24, 2.45) is 5.73 Å². The summed E-state index contributed by atoms with van der Waals surface area (Å²) in [7, 11) is 0. The first-order valence-electron chi connectivity index (χ1n) is 6.95. The fourth-order valence-corrected chi connectivity index (χ4v) is 4.40. The first kappa shape index (κ1) is 14.4. The smallest absolute Gasteiger partial charge is 0.0624 e. The fourth-order valence-electron chi connectivity index (χ4n) is 2.74. The molecule has 0 saturated carbocycles. The van der Waals surface area contributed by atoms with Crippen molar-refractivity contribution < 1.29 is 0 Å². The summed E-state index contributed by atoms with van der Waals surface area (Å²) in [6, 6.07) is 8.03. The lowest BCUT2D eigenvalue weighted by atomic mass is 9.98. The highest BCUT2D eigenvalue weighted by atomic mass is 35.5. The largest absolute Gasteiger partial charge is 0.323 e. The summed E-state index contributed by atoms with van der Waals surface area (Å²) >= 11 is 14.2. The third kappa shape index (κ3) is 2.89. The molecule has 106 valence electrons. The molecule has 0 fully saturated rings. The van der Waals surface area contributed by atoms with Crippen molar-refractivity contribution in [3.05, 3.63) is 55.2 Å². The molecule has 1 atom stereocenters. The van der Waals surface area contributed by atoms with Crippen molar-refractivity contribution in [1.29, 1.82) is 0 Å². The van der Waals surface area contributed by atoms with E-state index in [1.165, 1.54) is 41.0 Å². The van der Waals surface area contributed by atoms with Crippen molar-refractivity contribution in [3.63, 3.8) is 0 Å². The molecule has 20 heavy (non-hydrogen) atoms. The lowest BCUT2D eigenvalue weighted by Crippen LogP contribution is -2.12. The third-order valence-corrected chi connectivity index (χ3v) is 6.08. The Kier molecular flexibility index (Phi) is 4.37. The van der Waals surface area contributed by atoms with Gasteiger partial charge in [0.25, 0.3) is 0 Å². The van der Waals surface area contributed by atoms with Crippen LogP contribution in [0.4, 0.5) is 0 Å². The zero-order valence-corrected chi connectivity index (χ0v) is 13.5. The maximum atomic E-state index is 6.37. The van der Waals surface area contributed by atoms with Gasteiger partial charge in [-0.1, -0.05) is 35.3 Å². The molecule has 3 rings (SSSR count). The summed E-state index contributed by atoms with van der Waals surface area (Å²) in [6.45, 7) is 0. The van der Waals surface area contributed by atoms with E-state index >= 15 is 0 Å². The Morgan fingerprint density at radius 2 is 2.00 bits per heavy atom. The van der Waals surface area contributed by atoms with Gasteiger partial charge in [-0.25, -0.2) is 0 Å². The topological polar surface area (TPSA) is 26.0 Å². The Balaban J connectivity index is 1.80. The second-order valence-electron chi connectivity index (χ2n) is 5.33. The standard InChI is InChI=1S/C16H17Cl2NS/c17-12-6-3-5-11(16(12)18)8-13(19)15-9-10-4-1-2-7-14(10)20-15/h3,5-6,9,13H,1-2,4,7-8,19H2. The Morgan fingerprint density at radius 3 is 2.80 bits per heavy atom. The summed E-state index contributed by atoms with van der Waals surface area (Å²) in [5.74, 6) is 0. The van der Waals surface area contributed by atoms with Gasteiger partial charge in [0, 0.05) is 15.8 Å². The van der Waals surface area contributed by atoms with Crippen molar-refractivity contribution in [3.8, 4) is 0 Å². The van der Waals surface area contributed by atoms with Crippen LogP contribution in [0.3, 0.4) is 0 Å². The Bertz CT molecular complexity index is 597. The molecule has 0 aliphatic heterocycles. The van der Waals surface area contributed by atoms with Gasteiger partial charge < -0.3 is 5.73 Å². The van der Waals surface area contributed by atoms with Crippen molar-refractivity contribution >= 4 is 34.5 Å². The number of benzene rings is 1. The molecule has 1 heterocycles. The average molecular weight is 326 g/mol. The number of fused-ring (bicyclic) bond motifs is 1. The second-order valence-corrected chi connectivity index (χ2v) is 7.28. The number of hydrogen-bond donors (Lipinski definition) is 1. The van der Waals surface area contributed by atoms with Gasteiger partial charge in [-0.15, -0.1) is 11.3 Å². The van der Waals surface area contributed by atoms with Crippen LogP contribution >= 0.6 is 34.5 Å². The highest BCUT2D eigenvalue weighted by Gasteiger charge is 2.18. The van der Waals surface area contributed by atoms with E-state index in [-0.39, 0.29) is 6.04 Å². The average Bonchev–Trinajstić information content (AvgIpc) is 2.88. The van der Waals surface area contributed by atoms with Gasteiger partial charge in [0.15, 0.2) is 0 Å². The minimum atomic E-state index is 0.00145. The van der Waals surface area contributed by atoms with E-state index in [0.717, 1.165) is 12.0 Å². The Morgan fingerprint density at radius 1 is 1.20 bits per heavy atom. The van der Waals surface area contributed by atoms with E-state index in [2.05, 4.69) is 6.07 Å². The molecule has 0 amide bonds. The minimum absolute atomic E-state index is 0.00145. The van der Waals surface area contributed by atoms with Gasteiger partial charge in [-0.05, 0) is 55.4 Å². The predicted molar refractivity (Wildman–Crippen MR) is 88.1 cm³/mol. The molecule has 0 bridgehead atoms. The lowest BCUT2D eigenvalue weighted by Gasteiger charge is -2.11. The van der Waals surface area contributed by atoms with Crippen molar-refractivity contribution in [1.82, 2.24) is 0 Å². The number of hydrogen-bond acceptors (Lipinski definition) is 2. The van der Waals surface area contributed by atoms with E-state index in [9.17, 15) is 0 Å². The van der Waals surface area contributed by atoms with Crippen LogP contribution in [0.2, 0.25) is 10.0 Å². The summed E-state index contributed by atoms with van der Waals surface area (Å²) in [4.78, 5) is 2.80. The van der Waals surface area contributed by atoms with Gasteiger partial charge in [-0.2, -0.15) is 0 Å². The van der Waals surface area contributed by atoms with Crippen LogP contribution in [0.25, 0.3) is 0 Å². The van der Waals surface area contributed by atoms with Gasteiger partial charge in [0.2, 0.25) is 0 Å². The molecular formula is C16H17Cl2NS. The number of halogens is 2. The van der Waals surface area contributed by atoms with Crippen LogP contribution in [0.1, 0.15) is 39.8 Å². The van der Waals surface area contributed by atoms with E-state index < -0.39 is 0 Å². The lowest BCUT2D eigenvalue weighted by molar-refractivity contribution is 0.695. The first-order valence-corrected chi connectivity index (χ1v) is 8.52. The quantitative estimate of drug-likeness (QED) is 0.827. The summed E-state index contributed by atoms with van der Waals surface area (Å²) in [6.07, 6.45) is 5.76. The van der Waals surface area contributed by atoms with Gasteiger partial charge >= 0.3 is 0 Å². The van der Waals surface area contributed by atoms with Crippen LogP contribution in [-0.2, 0) is 19.3 Å². The highest BCUT2D eigenvalue weighted by Crippen LogP contribution is 2.34. The van der Waals surface area contributed by atoms with Gasteiger partial charge in [0.1, 0.15) is 0 Å². The molecule has 2 N–H and O–H groups in total. The number of nitrogens with two attached hydrogens (primary N) is 1. The van der Waals surface area contributed by atoms with E-state index in [1.807, 2.05) is 29.5 Å². The molecule has 0 radical (unpaired) electrons. The van der Waals surface area contributed by atoms with E-state index in [4.69, 9.17) is 28.9 Å². The zero-order valence-electron chi connectivity index (χ0n) is 11.2. The number of aryl methyl sites for hydroxylation is 2. The van der Waals surface area contributed by atoms with Crippen molar-refractivity contribution in [2.45, 2.75) is 38.1 Å². The molecule has 4 heteroatoms. The monoisotopic (exact) mass is 325 g/mol. The molecule has 1 aromatic carbocycles. The van der Waals surface area contributed by atoms with Crippen LogP contribution in [0, 0.1) is 0 Å². The first-order chi connectivity index (χ1) is 9.65. The van der Waals surface area contributed by atoms with Crippen LogP contribution in [0.15, 0.2) is 24.3 Å². The van der Waals surface area contributed by atoms with Gasteiger partial charge in [-0.3, -0.25) is 0 Å². The normalized spacial score (nSPS) is 15.9. The summed E-state index contributed by atoms with van der Waals surface area (Å²) < 4.78 is 0. The molecule has 2 aromatic rings. The number of thiophene rings is 1. The zero-order chi connectivity index (χ0) is 14.1. The Labute approximate surface area is 133 Å². The van der Waals surface area contributed by atoms with Crippen molar-refractivity contribution in [2.75, 3.05) is 0 Å². The minimum Gasteiger partial charge on any atom is -0.323 e. The maximum Gasteiger partial charge on any atom is 0.0624 e. The molecule has 1 aliphatic carbocycles. The third-order valence-electron chi connectivity index (χ3n) is 3.85. The number of rotatable bonds is 3. The summed E-state index contributed by atoms with van der Waals surface area (Å²) in [5, 5.41) is 1.23. The molecule has 1 unspecified atom stereocenters. The Hall–Kier alpha value is -0.540. The van der Waals surface area contributed by atoms with E-state index in [0.29, 0.717) is 10.0 Å². The van der Waals surface area contributed by atoms with E-state index in [1.54, 1.807) is 0 Å². The predicted octanol–water partition coefficient (Wildman–Crippen LogP) is 5.18. The molecule has 1 nitrogen and oxygen atoms in total. The highest BCUT2D eigenvalue weighted by molar-refractivity contribution is 7.12. The fraction of sp³-hybridized carbons (Fsp3) is 0.375.